The van der Waals surface area contributed by atoms with Crippen LogP contribution in [0.2, 0.25) is 0 Å². The molecule has 0 radical (unpaired) electrons. The third kappa shape index (κ3) is 3.81. The molecule has 0 fully saturated rings. The van der Waals surface area contributed by atoms with Gasteiger partial charge in [-0.15, -0.1) is 16.4 Å². The first-order chi connectivity index (χ1) is 9.77. The Bertz CT molecular complexity index is 664. The summed E-state index contributed by atoms with van der Waals surface area (Å²) in [6, 6.07) is 3.49. The van der Waals surface area contributed by atoms with Gasteiger partial charge in [-0.25, -0.2) is 4.79 Å². The summed E-state index contributed by atoms with van der Waals surface area (Å²) in [6.45, 7) is 7.62. The monoisotopic (exact) mass is 309 g/mol. The average molecular weight is 309 g/mol. The van der Waals surface area contributed by atoms with Crippen molar-refractivity contribution in [1.82, 2.24) is 15.1 Å². The fourth-order valence-electron chi connectivity index (χ4n) is 1.67. The Morgan fingerprint density at radius 3 is 2.81 bits per heavy atom. The van der Waals surface area contributed by atoms with E-state index in [1.54, 1.807) is 0 Å². The molecule has 1 amide bonds. The number of hydrogen-bond donors (Lipinski definition) is 1. The molecule has 0 spiro atoms. The Kier molecular flexibility index (Phi) is 4.32. The van der Waals surface area contributed by atoms with Gasteiger partial charge in [0.1, 0.15) is 0 Å². The largest absolute Gasteiger partial charge is 0.437 e. The predicted molar refractivity (Wildman–Crippen MR) is 81.1 cm³/mol. The molecule has 7 heteroatoms. The molecule has 2 rings (SSSR count). The van der Waals surface area contributed by atoms with Gasteiger partial charge >= 0.3 is 5.76 Å². The summed E-state index contributed by atoms with van der Waals surface area (Å²) < 4.78 is 6.36. The summed E-state index contributed by atoms with van der Waals surface area (Å²) in [5.41, 5.74) is -0.467. The molecule has 1 N–H and O–H groups in total. The highest BCUT2D eigenvalue weighted by Crippen LogP contribution is 2.21. The van der Waals surface area contributed by atoms with Crippen molar-refractivity contribution in [1.29, 1.82) is 0 Å². The normalized spacial score (nSPS) is 13.1. The fourth-order valence-corrected chi connectivity index (χ4v) is 2.31. The summed E-state index contributed by atoms with van der Waals surface area (Å²) in [7, 11) is 0. The van der Waals surface area contributed by atoms with Gasteiger partial charge in [-0.3, -0.25) is 4.79 Å². The number of aromatic nitrogens is 2. The molecule has 0 unspecified atom stereocenters. The van der Waals surface area contributed by atoms with Crippen LogP contribution in [0.25, 0.3) is 10.8 Å². The van der Waals surface area contributed by atoms with Crippen LogP contribution in [0.4, 0.5) is 0 Å². The Labute approximate surface area is 126 Å². The second-order valence-electron chi connectivity index (χ2n) is 5.96. The molecule has 2 heterocycles. The van der Waals surface area contributed by atoms with Crippen LogP contribution in [-0.4, -0.2) is 21.7 Å². The van der Waals surface area contributed by atoms with Gasteiger partial charge in [-0.05, 0) is 18.4 Å². The molecule has 0 aromatic carbocycles. The highest BCUT2D eigenvalue weighted by Gasteiger charge is 2.23. The number of carbonyl (C=O) groups excluding carboxylic acids is 1. The van der Waals surface area contributed by atoms with Crippen LogP contribution in [0.15, 0.2) is 26.7 Å². The molecular formula is C14H19N3O3S. The van der Waals surface area contributed by atoms with Gasteiger partial charge in [0.05, 0.1) is 11.4 Å². The van der Waals surface area contributed by atoms with Crippen molar-refractivity contribution in [2.45, 2.75) is 40.3 Å². The van der Waals surface area contributed by atoms with Crippen LogP contribution in [0.1, 0.15) is 27.7 Å². The second-order valence-corrected chi connectivity index (χ2v) is 6.90. The van der Waals surface area contributed by atoms with Crippen molar-refractivity contribution in [3.05, 3.63) is 28.1 Å². The maximum absolute atomic E-state index is 11.9. The number of rotatable bonds is 4. The summed E-state index contributed by atoms with van der Waals surface area (Å²) >= 11 is 1.45. The quantitative estimate of drug-likeness (QED) is 0.938. The third-order valence-corrected chi connectivity index (χ3v) is 3.70. The summed E-state index contributed by atoms with van der Waals surface area (Å²) in [5, 5.41) is 8.91. The number of carbonyl (C=O) groups is 1. The second kappa shape index (κ2) is 5.85. The van der Waals surface area contributed by atoms with Crippen molar-refractivity contribution in [2.75, 3.05) is 0 Å². The first-order valence-electron chi connectivity index (χ1n) is 6.70. The van der Waals surface area contributed by atoms with Crippen LogP contribution in [0.5, 0.6) is 0 Å². The first kappa shape index (κ1) is 15.5. The smallest absolute Gasteiger partial charge is 0.387 e. The van der Waals surface area contributed by atoms with Gasteiger partial charge in [0.25, 0.3) is 5.89 Å². The van der Waals surface area contributed by atoms with Crippen LogP contribution in [0.3, 0.4) is 0 Å². The van der Waals surface area contributed by atoms with Crippen LogP contribution in [-0.2, 0) is 11.3 Å². The molecule has 0 aliphatic carbocycles. The van der Waals surface area contributed by atoms with Crippen LogP contribution < -0.4 is 11.1 Å². The minimum atomic E-state index is -0.518. The van der Waals surface area contributed by atoms with Crippen LogP contribution >= 0.6 is 11.3 Å². The highest BCUT2D eigenvalue weighted by atomic mass is 32.1. The maximum atomic E-state index is 11.9. The third-order valence-electron chi connectivity index (χ3n) is 2.84. The molecule has 2 aromatic rings. The molecule has 6 nitrogen and oxygen atoms in total. The molecule has 21 heavy (non-hydrogen) atoms. The van der Waals surface area contributed by atoms with Crippen molar-refractivity contribution >= 4 is 17.2 Å². The number of hydrogen-bond acceptors (Lipinski definition) is 5. The van der Waals surface area contributed by atoms with Gasteiger partial charge in [-0.1, -0.05) is 26.8 Å². The van der Waals surface area contributed by atoms with Gasteiger partial charge in [0.15, 0.2) is 0 Å². The average Bonchev–Trinajstić information content (AvgIpc) is 2.98. The van der Waals surface area contributed by atoms with E-state index in [1.807, 2.05) is 45.2 Å². The van der Waals surface area contributed by atoms with Crippen molar-refractivity contribution in [3.8, 4) is 10.8 Å². The SMILES string of the molecule is C[C@H](Cn1nc(-c2cccs2)oc1=O)NC(=O)C(C)(C)C. The number of thiophene rings is 1. The zero-order valence-corrected chi connectivity index (χ0v) is 13.4. The molecule has 0 bridgehead atoms. The van der Waals surface area contributed by atoms with Crippen molar-refractivity contribution in [2.24, 2.45) is 5.41 Å². The topological polar surface area (TPSA) is 77.1 Å². The summed E-state index contributed by atoms with van der Waals surface area (Å²) in [5.74, 6) is -0.273. The zero-order chi connectivity index (χ0) is 15.6. The summed E-state index contributed by atoms with van der Waals surface area (Å²) in [6.07, 6.45) is 0. The Hall–Kier alpha value is -1.89. The van der Waals surface area contributed by atoms with Gasteiger partial charge in [0, 0.05) is 11.5 Å². The Balaban J connectivity index is 2.07. The maximum Gasteiger partial charge on any atom is 0.437 e. The standard InChI is InChI=1S/C14H19N3O3S/c1-9(15-12(18)14(2,3)4)8-17-13(19)20-11(16-17)10-6-5-7-21-10/h5-7,9H,8H2,1-4H3,(H,15,18)/t9-/m1/s1. The van der Waals surface area contributed by atoms with E-state index < -0.39 is 11.2 Å². The minimum absolute atomic E-state index is 0.0648. The number of nitrogens with one attached hydrogen (secondary N) is 1. The number of amides is 1. The minimum Gasteiger partial charge on any atom is -0.387 e. The molecule has 0 aliphatic heterocycles. The van der Waals surface area contributed by atoms with Crippen molar-refractivity contribution < 1.29 is 9.21 Å². The van der Waals surface area contributed by atoms with E-state index >= 15 is 0 Å². The van der Waals surface area contributed by atoms with E-state index in [4.69, 9.17) is 4.42 Å². The predicted octanol–water partition coefficient (Wildman–Crippen LogP) is 2.12. The number of nitrogens with zero attached hydrogens (tertiary/aromatic N) is 2. The van der Waals surface area contributed by atoms with E-state index in [0.717, 1.165) is 4.88 Å². The molecule has 0 saturated heterocycles. The Morgan fingerprint density at radius 1 is 1.52 bits per heavy atom. The van der Waals surface area contributed by atoms with E-state index in [1.165, 1.54) is 16.0 Å². The zero-order valence-electron chi connectivity index (χ0n) is 12.5. The molecule has 2 aromatic heterocycles. The lowest BCUT2D eigenvalue weighted by molar-refractivity contribution is -0.129. The lowest BCUT2D eigenvalue weighted by Crippen LogP contribution is -2.43. The first-order valence-corrected chi connectivity index (χ1v) is 7.58. The van der Waals surface area contributed by atoms with E-state index in [-0.39, 0.29) is 18.5 Å². The van der Waals surface area contributed by atoms with Crippen molar-refractivity contribution in [3.63, 3.8) is 0 Å². The Morgan fingerprint density at radius 2 is 2.24 bits per heavy atom. The van der Waals surface area contributed by atoms with E-state index in [2.05, 4.69) is 10.4 Å². The van der Waals surface area contributed by atoms with Crippen LogP contribution in [0, 0.1) is 5.41 Å². The van der Waals surface area contributed by atoms with Gasteiger partial charge < -0.3 is 9.73 Å². The van der Waals surface area contributed by atoms with E-state index in [0.29, 0.717) is 5.89 Å². The molecular weight excluding hydrogens is 290 g/mol. The lowest BCUT2D eigenvalue weighted by atomic mass is 9.95. The molecule has 1 atom stereocenters. The molecule has 0 saturated carbocycles. The van der Waals surface area contributed by atoms with E-state index in [9.17, 15) is 9.59 Å². The van der Waals surface area contributed by atoms with Gasteiger partial charge in [-0.2, -0.15) is 4.68 Å². The lowest BCUT2D eigenvalue weighted by Gasteiger charge is -2.21. The summed E-state index contributed by atoms with van der Waals surface area (Å²) in [4.78, 5) is 24.5. The van der Waals surface area contributed by atoms with Gasteiger partial charge in [0.2, 0.25) is 5.91 Å². The molecule has 114 valence electrons. The highest BCUT2D eigenvalue weighted by molar-refractivity contribution is 7.13. The fraction of sp³-hybridized carbons (Fsp3) is 0.500. The molecule has 0 aliphatic rings.